The number of halogens is 1. The zero-order valence-electron chi connectivity index (χ0n) is 12.7. The van der Waals surface area contributed by atoms with Crippen LogP contribution in [0, 0.1) is 17.1 Å². The quantitative estimate of drug-likeness (QED) is 0.897. The van der Waals surface area contributed by atoms with Gasteiger partial charge in [-0.15, -0.1) is 0 Å². The first kappa shape index (κ1) is 17.4. The smallest absolute Gasteiger partial charge is 0.245 e. The summed E-state index contributed by atoms with van der Waals surface area (Å²) in [7, 11) is -3.77. The number of sulfonamides is 1. The summed E-state index contributed by atoms with van der Waals surface area (Å²) in [6.07, 6.45) is 0.947. The molecule has 0 unspecified atom stereocenters. The normalized spacial score (nSPS) is 10.7. The molecule has 6 nitrogen and oxygen atoms in total. The third-order valence-electron chi connectivity index (χ3n) is 3.10. The summed E-state index contributed by atoms with van der Waals surface area (Å²) in [5.41, 5.74) is 0.401. The highest BCUT2D eigenvalue weighted by Crippen LogP contribution is 2.19. The molecule has 8 heteroatoms. The van der Waals surface area contributed by atoms with E-state index in [9.17, 15) is 17.6 Å². The molecule has 1 amide bonds. The summed E-state index contributed by atoms with van der Waals surface area (Å²) in [6.45, 7) is -0.540. The number of hydrogen-bond acceptors (Lipinski definition) is 4. The number of carbonyl (C=O) groups excluding carboxylic acids is 1. The molecule has 0 radical (unpaired) electrons. The number of nitrogens with one attached hydrogen (secondary N) is 1. The minimum Gasteiger partial charge on any atom is -0.322 e. The van der Waals surface area contributed by atoms with Crippen LogP contribution in [0.25, 0.3) is 0 Å². The lowest BCUT2D eigenvalue weighted by atomic mass is 10.2. The second-order valence-corrected chi connectivity index (χ2v) is 6.87. The molecule has 0 aliphatic rings. The van der Waals surface area contributed by atoms with Crippen LogP contribution in [0.3, 0.4) is 0 Å². The molecule has 0 aromatic heterocycles. The van der Waals surface area contributed by atoms with Crippen molar-refractivity contribution in [3.8, 4) is 6.07 Å². The van der Waals surface area contributed by atoms with Crippen molar-refractivity contribution in [1.29, 1.82) is 5.26 Å². The van der Waals surface area contributed by atoms with Crippen LogP contribution in [-0.4, -0.2) is 27.1 Å². The topological polar surface area (TPSA) is 90.3 Å². The maximum atomic E-state index is 13.6. The summed E-state index contributed by atoms with van der Waals surface area (Å²) in [5, 5.41) is 11.2. The fourth-order valence-corrected chi connectivity index (χ4v) is 2.86. The zero-order valence-corrected chi connectivity index (χ0v) is 13.5. The van der Waals surface area contributed by atoms with E-state index in [1.807, 2.05) is 6.07 Å². The first-order chi connectivity index (χ1) is 11.3. The van der Waals surface area contributed by atoms with Gasteiger partial charge in [0.2, 0.25) is 15.9 Å². The molecule has 0 aliphatic carbocycles. The van der Waals surface area contributed by atoms with E-state index in [-0.39, 0.29) is 16.9 Å². The highest BCUT2D eigenvalue weighted by molar-refractivity contribution is 7.92. The van der Waals surface area contributed by atoms with Crippen molar-refractivity contribution in [3.05, 3.63) is 59.9 Å². The predicted molar refractivity (Wildman–Crippen MR) is 88.4 cm³/mol. The number of carbonyl (C=O) groups is 1. The first-order valence-electron chi connectivity index (χ1n) is 6.83. The molecule has 0 spiro atoms. The Balaban J connectivity index is 2.25. The fourth-order valence-electron chi connectivity index (χ4n) is 2.01. The van der Waals surface area contributed by atoms with Crippen molar-refractivity contribution < 1.29 is 17.6 Å². The molecule has 2 rings (SSSR count). The Hall–Kier alpha value is -2.92. The maximum Gasteiger partial charge on any atom is 0.245 e. The van der Waals surface area contributed by atoms with Crippen LogP contribution in [0.1, 0.15) is 5.56 Å². The minimum absolute atomic E-state index is 0.0401. The molecule has 0 fully saturated rings. The molecule has 0 saturated carbocycles. The van der Waals surface area contributed by atoms with Crippen LogP contribution in [-0.2, 0) is 14.8 Å². The van der Waals surface area contributed by atoms with Crippen LogP contribution >= 0.6 is 0 Å². The molecule has 24 heavy (non-hydrogen) atoms. The van der Waals surface area contributed by atoms with Crippen LogP contribution in [0.4, 0.5) is 15.8 Å². The third-order valence-corrected chi connectivity index (χ3v) is 4.24. The summed E-state index contributed by atoms with van der Waals surface area (Å²) in [4.78, 5) is 12.1. The van der Waals surface area contributed by atoms with E-state index in [1.165, 1.54) is 42.5 Å². The van der Waals surface area contributed by atoms with Crippen molar-refractivity contribution in [3.63, 3.8) is 0 Å². The molecular weight excluding hydrogens is 333 g/mol. The number of amides is 1. The molecular formula is C16H14FN3O3S. The van der Waals surface area contributed by atoms with Crippen LogP contribution in [0.15, 0.2) is 48.5 Å². The van der Waals surface area contributed by atoms with E-state index in [1.54, 1.807) is 6.07 Å². The van der Waals surface area contributed by atoms with Gasteiger partial charge >= 0.3 is 0 Å². The van der Waals surface area contributed by atoms with Crippen molar-refractivity contribution in [1.82, 2.24) is 0 Å². The average Bonchev–Trinajstić information content (AvgIpc) is 2.54. The Bertz CT molecular complexity index is 907. The molecule has 2 aromatic carbocycles. The van der Waals surface area contributed by atoms with Crippen molar-refractivity contribution in [2.45, 2.75) is 0 Å². The van der Waals surface area contributed by atoms with Crippen LogP contribution < -0.4 is 9.62 Å². The molecule has 2 aromatic rings. The number of nitrogens with zero attached hydrogens (tertiary/aromatic N) is 2. The lowest BCUT2D eigenvalue weighted by Crippen LogP contribution is -2.37. The predicted octanol–water partition coefficient (Wildman–Crippen LogP) is 2.10. The summed E-state index contributed by atoms with van der Waals surface area (Å²) < 4.78 is 38.4. The van der Waals surface area contributed by atoms with Gasteiger partial charge in [0.15, 0.2) is 0 Å². The van der Waals surface area contributed by atoms with Crippen LogP contribution in [0.2, 0.25) is 0 Å². The van der Waals surface area contributed by atoms with Gasteiger partial charge in [-0.2, -0.15) is 5.26 Å². The van der Waals surface area contributed by atoms with Gasteiger partial charge in [0, 0.05) is 0 Å². The van der Waals surface area contributed by atoms with Crippen molar-refractivity contribution in [2.24, 2.45) is 0 Å². The monoisotopic (exact) mass is 347 g/mol. The average molecular weight is 347 g/mol. The third kappa shape index (κ3) is 4.30. The van der Waals surface area contributed by atoms with E-state index in [2.05, 4.69) is 5.32 Å². The van der Waals surface area contributed by atoms with Gasteiger partial charge in [0.05, 0.1) is 29.3 Å². The second kappa shape index (κ2) is 7.10. The van der Waals surface area contributed by atoms with E-state index in [0.717, 1.165) is 10.6 Å². The Morgan fingerprint density at radius 3 is 2.58 bits per heavy atom. The van der Waals surface area contributed by atoms with Crippen molar-refractivity contribution >= 4 is 27.3 Å². The molecule has 124 valence electrons. The second-order valence-electron chi connectivity index (χ2n) is 4.96. The molecule has 0 heterocycles. The van der Waals surface area contributed by atoms with E-state index >= 15 is 0 Å². The Kier molecular flexibility index (Phi) is 5.16. The van der Waals surface area contributed by atoms with Gasteiger partial charge in [-0.05, 0) is 30.3 Å². The van der Waals surface area contributed by atoms with E-state index < -0.39 is 28.3 Å². The fraction of sp³-hybridized carbons (Fsp3) is 0.125. The highest BCUT2D eigenvalue weighted by atomic mass is 32.2. The van der Waals surface area contributed by atoms with E-state index in [4.69, 9.17) is 5.26 Å². The van der Waals surface area contributed by atoms with Gasteiger partial charge in [0.1, 0.15) is 12.4 Å². The number of rotatable bonds is 5. The van der Waals surface area contributed by atoms with Gasteiger partial charge in [-0.1, -0.05) is 18.2 Å². The number of benzene rings is 2. The van der Waals surface area contributed by atoms with E-state index in [0.29, 0.717) is 0 Å². The zero-order chi connectivity index (χ0) is 17.7. The summed E-state index contributed by atoms with van der Waals surface area (Å²) in [5.74, 6) is -1.32. The number of hydrogen-bond donors (Lipinski definition) is 1. The SMILES string of the molecule is CS(=O)(=O)N(CC(=O)Nc1ccccc1F)c1cccc(C#N)c1. The minimum atomic E-state index is -3.77. The Morgan fingerprint density at radius 1 is 1.25 bits per heavy atom. The molecule has 0 bridgehead atoms. The number of para-hydroxylation sites is 1. The van der Waals surface area contributed by atoms with Gasteiger partial charge in [0.25, 0.3) is 0 Å². The summed E-state index contributed by atoms with van der Waals surface area (Å²) >= 11 is 0. The Morgan fingerprint density at radius 2 is 1.96 bits per heavy atom. The summed E-state index contributed by atoms with van der Waals surface area (Å²) in [6, 6.07) is 13.3. The largest absolute Gasteiger partial charge is 0.322 e. The van der Waals surface area contributed by atoms with Gasteiger partial charge < -0.3 is 5.32 Å². The standard InChI is InChI=1S/C16H14FN3O3S/c1-24(22,23)20(13-6-4-5-12(9-13)10-18)11-16(21)19-15-8-3-2-7-14(15)17/h2-9H,11H2,1H3,(H,19,21). The van der Waals surface area contributed by atoms with Gasteiger partial charge in [-0.3, -0.25) is 9.10 Å². The van der Waals surface area contributed by atoms with Crippen LogP contribution in [0.5, 0.6) is 0 Å². The van der Waals surface area contributed by atoms with Gasteiger partial charge in [-0.25, -0.2) is 12.8 Å². The molecule has 0 aliphatic heterocycles. The lowest BCUT2D eigenvalue weighted by Gasteiger charge is -2.22. The number of anilines is 2. The molecule has 0 saturated heterocycles. The number of nitriles is 1. The first-order valence-corrected chi connectivity index (χ1v) is 8.68. The maximum absolute atomic E-state index is 13.6. The lowest BCUT2D eigenvalue weighted by molar-refractivity contribution is -0.114. The van der Waals surface area contributed by atoms with Crippen molar-refractivity contribution in [2.75, 3.05) is 22.4 Å². The molecule has 0 atom stereocenters. The highest BCUT2D eigenvalue weighted by Gasteiger charge is 2.21. The Labute approximate surface area is 139 Å². The molecule has 1 N–H and O–H groups in total.